The number of carbonyl (C=O) groups excluding carboxylic acids is 2. The highest BCUT2D eigenvalue weighted by Gasteiger charge is 2.38. The summed E-state index contributed by atoms with van der Waals surface area (Å²) in [5.41, 5.74) is 2.63. The van der Waals surface area contributed by atoms with Crippen LogP contribution in [-0.2, 0) is 0 Å². The Labute approximate surface area is 157 Å². The monoisotopic (exact) mass is 353 g/mol. The first-order valence-corrected chi connectivity index (χ1v) is 8.42. The summed E-state index contributed by atoms with van der Waals surface area (Å²) in [6.45, 7) is 0. The van der Waals surface area contributed by atoms with Crippen molar-refractivity contribution in [2.45, 2.75) is 0 Å². The zero-order chi connectivity index (χ0) is 18.8. The molecule has 0 aromatic heterocycles. The summed E-state index contributed by atoms with van der Waals surface area (Å²) in [4.78, 5) is 26.9. The molecule has 1 aliphatic heterocycles. The Balaban J connectivity index is 1.73. The number of methoxy groups -OCH3 is 1. The lowest BCUT2D eigenvalue weighted by molar-refractivity contribution is 0.0926. The third-order valence-electron chi connectivity index (χ3n) is 4.36. The molecule has 0 N–H and O–H groups in total. The van der Waals surface area contributed by atoms with Crippen LogP contribution in [0.2, 0.25) is 0 Å². The van der Waals surface area contributed by atoms with Crippen molar-refractivity contribution >= 4 is 17.5 Å². The molecule has 3 aromatic rings. The van der Waals surface area contributed by atoms with Crippen molar-refractivity contribution in [2.24, 2.45) is 0 Å². The summed E-state index contributed by atoms with van der Waals surface area (Å²) < 4.78 is 5.14. The van der Waals surface area contributed by atoms with E-state index in [-0.39, 0.29) is 11.8 Å². The number of imide groups is 1. The number of carbonyl (C=O) groups is 2. The number of amides is 2. The van der Waals surface area contributed by atoms with Crippen LogP contribution in [0.3, 0.4) is 0 Å². The number of anilines is 1. The van der Waals surface area contributed by atoms with Gasteiger partial charge in [-0.3, -0.25) is 9.59 Å². The number of hydrogen-bond donors (Lipinski definition) is 0. The molecule has 27 heavy (non-hydrogen) atoms. The average molecular weight is 353 g/mol. The van der Waals surface area contributed by atoms with Gasteiger partial charge in [0.05, 0.1) is 23.9 Å². The maximum atomic E-state index is 12.9. The fraction of sp³-hybridized carbons (Fsp3) is 0.0435. The highest BCUT2D eigenvalue weighted by molar-refractivity contribution is 6.35. The van der Waals surface area contributed by atoms with Crippen molar-refractivity contribution < 1.29 is 14.3 Å². The second-order valence-electron chi connectivity index (χ2n) is 5.99. The van der Waals surface area contributed by atoms with Crippen molar-refractivity contribution in [2.75, 3.05) is 12.0 Å². The van der Waals surface area contributed by atoms with Gasteiger partial charge < -0.3 is 4.74 Å². The van der Waals surface area contributed by atoms with E-state index in [0.717, 1.165) is 11.3 Å². The Morgan fingerprint density at radius 3 is 2.22 bits per heavy atom. The Kier molecular flexibility index (Phi) is 4.19. The number of nitrogens with zero attached hydrogens (tertiary/aromatic N) is 1. The lowest BCUT2D eigenvalue weighted by Gasteiger charge is -2.13. The van der Waals surface area contributed by atoms with Crippen molar-refractivity contribution in [3.05, 3.63) is 95.1 Å². The van der Waals surface area contributed by atoms with Crippen LogP contribution in [0.1, 0.15) is 31.8 Å². The quantitative estimate of drug-likeness (QED) is 0.519. The molecule has 0 fully saturated rings. The summed E-state index contributed by atoms with van der Waals surface area (Å²) in [5.74, 6) is 6.15. The molecule has 0 aliphatic carbocycles. The maximum Gasteiger partial charge on any atom is 0.267 e. The van der Waals surface area contributed by atoms with Gasteiger partial charge in [0.15, 0.2) is 0 Å². The summed E-state index contributed by atoms with van der Waals surface area (Å²) in [7, 11) is 1.61. The van der Waals surface area contributed by atoms with Gasteiger partial charge in [0.2, 0.25) is 0 Å². The zero-order valence-electron chi connectivity index (χ0n) is 14.6. The Morgan fingerprint density at radius 1 is 0.778 bits per heavy atom. The minimum absolute atomic E-state index is 0.325. The van der Waals surface area contributed by atoms with Crippen LogP contribution in [-0.4, -0.2) is 18.9 Å². The molecule has 0 radical (unpaired) electrons. The predicted octanol–water partition coefficient (Wildman–Crippen LogP) is 3.90. The van der Waals surface area contributed by atoms with E-state index in [9.17, 15) is 9.59 Å². The molecule has 0 saturated heterocycles. The van der Waals surface area contributed by atoms with Crippen LogP contribution in [0.15, 0.2) is 72.8 Å². The van der Waals surface area contributed by atoms with Crippen molar-refractivity contribution in [3.8, 4) is 17.6 Å². The SMILES string of the molecule is COc1ccc(C#Cc2cccc3c2C(=O)N(c2ccccc2)C3=O)cc1. The number of hydrogen-bond acceptors (Lipinski definition) is 3. The Morgan fingerprint density at radius 2 is 1.52 bits per heavy atom. The van der Waals surface area contributed by atoms with Gasteiger partial charge in [0.1, 0.15) is 5.75 Å². The lowest BCUT2D eigenvalue weighted by Crippen LogP contribution is -2.29. The van der Waals surface area contributed by atoms with E-state index < -0.39 is 0 Å². The Hall–Kier alpha value is -3.84. The number of ether oxygens (including phenoxy) is 1. The van der Waals surface area contributed by atoms with Crippen LogP contribution in [0.25, 0.3) is 0 Å². The molecule has 1 aliphatic rings. The minimum Gasteiger partial charge on any atom is -0.497 e. The first-order valence-electron chi connectivity index (χ1n) is 8.42. The van der Waals surface area contributed by atoms with Crippen molar-refractivity contribution in [3.63, 3.8) is 0 Å². The van der Waals surface area contributed by atoms with Crippen molar-refractivity contribution in [1.29, 1.82) is 0 Å². The van der Waals surface area contributed by atoms with E-state index in [1.165, 1.54) is 4.90 Å². The average Bonchev–Trinajstić information content (AvgIpc) is 2.98. The number of rotatable bonds is 2. The topological polar surface area (TPSA) is 46.6 Å². The normalized spacial score (nSPS) is 12.4. The van der Waals surface area contributed by atoms with Gasteiger partial charge in [-0.1, -0.05) is 36.1 Å². The van der Waals surface area contributed by atoms with Gasteiger partial charge in [-0.15, -0.1) is 0 Å². The van der Waals surface area contributed by atoms with Crippen LogP contribution in [0, 0.1) is 11.8 Å². The van der Waals surface area contributed by atoms with Gasteiger partial charge in [-0.2, -0.15) is 0 Å². The van der Waals surface area contributed by atoms with E-state index in [1.807, 2.05) is 30.3 Å². The number of fused-ring (bicyclic) bond motifs is 1. The van der Waals surface area contributed by atoms with E-state index in [0.29, 0.717) is 22.4 Å². The molecule has 0 unspecified atom stereocenters. The second-order valence-corrected chi connectivity index (χ2v) is 5.99. The lowest BCUT2D eigenvalue weighted by atomic mass is 10.0. The van der Waals surface area contributed by atoms with Gasteiger partial charge in [-0.05, 0) is 48.5 Å². The molecule has 4 nitrogen and oxygen atoms in total. The molecule has 0 bridgehead atoms. The summed E-state index contributed by atoms with van der Waals surface area (Å²) in [6, 6.07) is 21.4. The smallest absolute Gasteiger partial charge is 0.267 e. The molecule has 3 aromatic carbocycles. The molecule has 130 valence electrons. The summed E-state index contributed by atoms with van der Waals surface area (Å²) in [5, 5.41) is 0. The number of para-hydroxylation sites is 1. The van der Waals surface area contributed by atoms with Crippen LogP contribution < -0.4 is 9.64 Å². The van der Waals surface area contributed by atoms with Gasteiger partial charge in [-0.25, -0.2) is 4.90 Å². The molecule has 0 spiro atoms. The zero-order valence-corrected chi connectivity index (χ0v) is 14.6. The Bertz CT molecular complexity index is 1090. The maximum absolute atomic E-state index is 12.9. The van der Waals surface area contributed by atoms with E-state index in [4.69, 9.17) is 4.74 Å². The highest BCUT2D eigenvalue weighted by atomic mass is 16.5. The fourth-order valence-electron chi connectivity index (χ4n) is 3.02. The van der Waals surface area contributed by atoms with Gasteiger partial charge in [0, 0.05) is 11.1 Å². The predicted molar refractivity (Wildman–Crippen MR) is 103 cm³/mol. The van der Waals surface area contributed by atoms with Gasteiger partial charge in [0.25, 0.3) is 11.8 Å². The standard InChI is InChI=1S/C23H15NO3/c1-27-19-14-11-16(12-15-19)10-13-17-6-5-9-20-21(17)23(26)24(22(20)25)18-7-3-2-4-8-18/h2-9,11-12,14-15H,1H3. The third-order valence-corrected chi connectivity index (χ3v) is 4.36. The summed E-state index contributed by atoms with van der Waals surface area (Å²) in [6.07, 6.45) is 0. The number of benzene rings is 3. The first-order chi connectivity index (χ1) is 13.2. The fourth-order valence-corrected chi connectivity index (χ4v) is 3.02. The first kappa shape index (κ1) is 16.6. The van der Waals surface area contributed by atoms with E-state index in [1.54, 1.807) is 49.6 Å². The van der Waals surface area contributed by atoms with Crippen LogP contribution in [0.4, 0.5) is 5.69 Å². The molecular weight excluding hydrogens is 338 g/mol. The van der Waals surface area contributed by atoms with Gasteiger partial charge >= 0.3 is 0 Å². The van der Waals surface area contributed by atoms with Crippen LogP contribution >= 0.6 is 0 Å². The molecule has 4 rings (SSSR count). The molecule has 0 atom stereocenters. The van der Waals surface area contributed by atoms with Crippen molar-refractivity contribution in [1.82, 2.24) is 0 Å². The highest BCUT2D eigenvalue weighted by Crippen LogP contribution is 2.30. The molecule has 1 heterocycles. The second kappa shape index (κ2) is 6.81. The molecule has 4 heteroatoms. The molecule has 0 saturated carbocycles. The largest absolute Gasteiger partial charge is 0.497 e. The van der Waals surface area contributed by atoms with E-state index in [2.05, 4.69) is 11.8 Å². The molecule has 2 amide bonds. The minimum atomic E-state index is -0.346. The third kappa shape index (κ3) is 2.96. The van der Waals surface area contributed by atoms with Crippen LogP contribution in [0.5, 0.6) is 5.75 Å². The summed E-state index contributed by atoms with van der Waals surface area (Å²) >= 11 is 0. The van der Waals surface area contributed by atoms with E-state index >= 15 is 0 Å². The molecular formula is C23H15NO3.